The Hall–Kier alpha value is -0.650. The van der Waals surface area contributed by atoms with Crippen molar-refractivity contribution in [3.05, 3.63) is 0 Å². The fourth-order valence-electron chi connectivity index (χ4n) is 3.10. The molecule has 0 aromatic heterocycles. The van der Waals surface area contributed by atoms with Crippen LogP contribution in [0.5, 0.6) is 0 Å². The summed E-state index contributed by atoms with van der Waals surface area (Å²) >= 11 is 0. The third-order valence-electron chi connectivity index (χ3n) is 4.92. The molecule has 2 atom stereocenters. The average Bonchev–Trinajstić information content (AvgIpc) is 2.84. The third-order valence-corrected chi connectivity index (χ3v) is 4.92. The monoisotopic (exact) mass is 297 g/mol. The number of likely N-dealkylation sites (tertiary alicyclic amines) is 1. The van der Waals surface area contributed by atoms with E-state index >= 15 is 0 Å². The van der Waals surface area contributed by atoms with Gasteiger partial charge >= 0.3 is 0 Å². The van der Waals surface area contributed by atoms with Crippen molar-refractivity contribution >= 4 is 5.91 Å². The van der Waals surface area contributed by atoms with Crippen molar-refractivity contribution in [3.8, 4) is 0 Å². The van der Waals surface area contributed by atoms with Crippen LogP contribution in [0.25, 0.3) is 0 Å². The average molecular weight is 297 g/mol. The molecule has 0 spiro atoms. The van der Waals surface area contributed by atoms with Crippen LogP contribution in [0.4, 0.5) is 0 Å². The smallest absolute Gasteiger partial charge is 0.240 e. The van der Waals surface area contributed by atoms with E-state index in [4.69, 9.17) is 0 Å². The molecule has 0 aromatic carbocycles. The number of likely N-dealkylation sites (N-methyl/N-ethyl adjacent to an activating group) is 1. The molecule has 21 heavy (non-hydrogen) atoms. The molecule has 122 valence electrons. The number of carbonyl (C=O) groups is 1. The summed E-state index contributed by atoms with van der Waals surface area (Å²) in [4.78, 5) is 19.0. The molecule has 5 heteroatoms. The van der Waals surface area contributed by atoms with Gasteiger partial charge in [0.15, 0.2) is 0 Å². The highest BCUT2D eigenvalue weighted by Crippen LogP contribution is 2.21. The van der Waals surface area contributed by atoms with Gasteiger partial charge in [0.1, 0.15) is 0 Å². The minimum atomic E-state index is -0.319. The molecule has 0 unspecified atom stereocenters. The van der Waals surface area contributed by atoms with Gasteiger partial charge in [-0.2, -0.15) is 0 Å². The summed E-state index contributed by atoms with van der Waals surface area (Å²) in [7, 11) is 2.05. The fraction of sp³-hybridized carbons (Fsp3) is 0.938. The summed E-state index contributed by atoms with van der Waals surface area (Å²) in [6, 6.07) is 0.0942. The van der Waals surface area contributed by atoms with Crippen LogP contribution in [0.15, 0.2) is 0 Å². The van der Waals surface area contributed by atoms with Gasteiger partial charge in [-0.05, 0) is 31.8 Å². The molecule has 2 aliphatic heterocycles. The summed E-state index contributed by atoms with van der Waals surface area (Å²) in [5, 5.41) is 10.2. The normalized spacial score (nSPS) is 27.1. The molecule has 0 radical (unpaired) electrons. The number of hydrogen-bond acceptors (Lipinski definition) is 4. The number of hydrogen-bond donors (Lipinski definition) is 1. The first-order chi connectivity index (χ1) is 9.79. The third kappa shape index (κ3) is 4.18. The zero-order valence-electron chi connectivity index (χ0n) is 14.0. The van der Waals surface area contributed by atoms with E-state index in [1.165, 1.54) is 0 Å². The molecular weight excluding hydrogens is 266 g/mol. The highest BCUT2D eigenvalue weighted by atomic mass is 16.3. The second-order valence-electron chi connectivity index (χ2n) is 7.65. The van der Waals surface area contributed by atoms with E-state index in [1.54, 1.807) is 0 Å². The Morgan fingerprint density at radius 1 is 1.19 bits per heavy atom. The Morgan fingerprint density at radius 3 is 2.29 bits per heavy atom. The van der Waals surface area contributed by atoms with Gasteiger partial charge in [-0.3, -0.25) is 14.6 Å². The molecule has 2 fully saturated rings. The van der Waals surface area contributed by atoms with Gasteiger partial charge in [0.05, 0.1) is 12.1 Å². The lowest BCUT2D eigenvalue weighted by atomic mass is 9.89. The van der Waals surface area contributed by atoms with Crippen LogP contribution >= 0.6 is 0 Å². The Balaban J connectivity index is 1.79. The maximum absolute atomic E-state index is 12.5. The predicted octanol–water partition coefficient (Wildman–Crippen LogP) is 0.632. The largest absolute Gasteiger partial charge is 0.391 e. The molecule has 0 aliphatic carbocycles. The van der Waals surface area contributed by atoms with Gasteiger partial charge in [0.2, 0.25) is 5.91 Å². The number of nitrogens with zero attached hydrogens (tertiary/aromatic N) is 3. The minimum absolute atomic E-state index is 0.0838. The zero-order valence-corrected chi connectivity index (χ0v) is 14.0. The molecule has 2 heterocycles. The summed E-state index contributed by atoms with van der Waals surface area (Å²) in [6.45, 7) is 11.3. The van der Waals surface area contributed by atoms with Crippen molar-refractivity contribution in [2.24, 2.45) is 5.41 Å². The van der Waals surface area contributed by atoms with Crippen molar-refractivity contribution in [3.63, 3.8) is 0 Å². The highest BCUT2D eigenvalue weighted by Gasteiger charge is 2.33. The first-order valence-electron chi connectivity index (χ1n) is 8.18. The number of aliphatic hydroxyl groups excluding tert-OH is 1. The first-order valence-corrected chi connectivity index (χ1v) is 8.18. The van der Waals surface area contributed by atoms with Crippen LogP contribution in [0.3, 0.4) is 0 Å². The number of β-amino-alcohol motifs (C(OH)–C–C–N with tert-alkyl or cyclic N) is 1. The standard InChI is InChI=1S/C16H31N3O2/c1-16(2,3)14(20)12-18-8-10-19(11-9-18)15(21)13-6-5-7-17(13)4/h13-14,20H,5-12H2,1-4H3/t13-,14+/m0/s1. The summed E-state index contributed by atoms with van der Waals surface area (Å²) in [6.07, 6.45) is 1.81. The van der Waals surface area contributed by atoms with Crippen LogP contribution < -0.4 is 0 Å². The zero-order chi connectivity index (χ0) is 15.6. The van der Waals surface area contributed by atoms with Crippen LogP contribution in [0, 0.1) is 5.41 Å². The quantitative estimate of drug-likeness (QED) is 0.830. The number of rotatable bonds is 3. The maximum atomic E-state index is 12.5. The number of amides is 1. The van der Waals surface area contributed by atoms with Crippen molar-refractivity contribution in [2.75, 3.05) is 46.3 Å². The summed E-state index contributed by atoms with van der Waals surface area (Å²) < 4.78 is 0. The van der Waals surface area contributed by atoms with Crippen molar-refractivity contribution in [2.45, 2.75) is 45.8 Å². The highest BCUT2D eigenvalue weighted by molar-refractivity contribution is 5.82. The lowest BCUT2D eigenvalue weighted by Gasteiger charge is -2.39. The lowest BCUT2D eigenvalue weighted by molar-refractivity contribution is -0.137. The molecule has 2 saturated heterocycles. The van der Waals surface area contributed by atoms with Crippen molar-refractivity contribution in [1.82, 2.24) is 14.7 Å². The lowest BCUT2D eigenvalue weighted by Crippen LogP contribution is -2.54. The van der Waals surface area contributed by atoms with Gasteiger partial charge in [-0.25, -0.2) is 0 Å². The van der Waals surface area contributed by atoms with Gasteiger partial charge in [-0.1, -0.05) is 20.8 Å². The fourth-order valence-corrected chi connectivity index (χ4v) is 3.10. The molecular formula is C16H31N3O2. The van der Waals surface area contributed by atoms with E-state index in [2.05, 4.69) is 30.6 Å². The molecule has 2 aliphatic rings. The Morgan fingerprint density at radius 2 is 1.81 bits per heavy atom. The van der Waals surface area contributed by atoms with Gasteiger partial charge in [0.25, 0.3) is 0 Å². The Kier molecular flexibility index (Phi) is 5.28. The minimum Gasteiger partial charge on any atom is -0.391 e. The van der Waals surface area contributed by atoms with Gasteiger partial charge in [-0.15, -0.1) is 0 Å². The van der Waals surface area contributed by atoms with Crippen LogP contribution in [0.1, 0.15) is 33.6 Å². The SMILES string of the molecule is CN1CCC[C@H]1C(=O)N1CCN(C[C@@H](O)C(C)(C)C)CC1. The topological polar surface area (TPSA) is 47.0 Å². The Bertz CT molecular complexity index is 359. The first kappa shape index (κ1) is 16.7. The summed E-state index contributed by atoms with van der Waals surface area (Å²) in [5.41, 5.74) is -0.0838. The van der Waals surface area contributed by atoms with Gasteiger partial charge < -0.3 is 10.0 Å². The van der Waals surface area contributed by atoms with Crippen LogP contribution in [0.2, 0.25) is 0 Å². The van der Waals surface area contributed by atoms with Crippen LogP contribution in [-0.4, -0.2) is 84.2 Å². The van der Waals surface area contributed by atoms with E-state index < -0.39 is 0 Å². The summed E-state index contributed by atoms with van der Waals surface area (Å²) in [5.74, 6) is 0.297. The van der Waals surface area contributed by atoms with E-state index in [1.807, 2.05) is 11.9 Å². The molecule has 5 nitrogen and oxygen atoms in total. The van der Waals surface area contributed by atoms with E-state index in [0.717, 1.165) is 45.6 Å². The second kappa shape index (κ2) is 6.63. The molecule has 1 N–H and O–H groups in total. The number of carbonyl (C=O) groups excluding carboxylic acids is 1. The number of aliphatic hydroxyl groups is 1. The molecule has 1 amide bonds. The maximum Gasteiger partial charge on any atom is 0.240 e. The van der Waals surface area contributed by atoms with Crippen LogP contribution in [-0.2, 0) is 4.79 Å². The van der Waals surface area contributed by atoms with Crippen molar-refractivity contribution in [1.29, 1.82) is 0 Å². The van der Waals surface area contributed by atoms with E-state index in [0.29, 0.717) is 12.5 Å². The van der Waals surface area contributed by atoms with E-state index in [9.17, 15) is 9.90 Å². The second-order valence-corrected chi connectivity index (χ2v) is 7.65. The van der Waals surface area contributed by atoms with Gasteiger partial charge in [0, 0.05) is 32.7 Å². The molecule has 0 bridgehead atoms. The Labute approximate surface area is 128 Å². The number of piperazine rings is 1. The van der Waals surface area contributed by atoms with Crippen molar-refractivity contribution < 1.29 is 9.90 Å². The molecule has 2 rings (SSSR count). The molecule has 0 saturated carbocycles. The molecule has 0 aromatic rings. The van der Waals surface area contributed by atoms with E-state index in [-0.39, 0.29) is 17.6 Å². The predicted molar refractivity (Wildman–Crippen MR) is 84.1 cm³/mol.